The van der Waals surface area contributed by atoms with Crippen molar-refractivity contribution in [3.63, 3.8) is 0 Å². The molecule has 2 aromatic rings. The number of aromatic nitrogens is 2. The Balaban J connectivity index is 0.000000461. The number of pyridine rings is 1. The Labute approximate surface area is 108 Å². The lowest BCUT2D eigenvalue weighted by molar-refractivity contribution is 1.26. The summed E-state index contributed by atoms with van der Waals surface area (Å²) in [5, 5.41) is 1.16. The number of hydrogen-bond acceptors (Lipinski definition) is 2. The van der Waals surface area contributed by atoms with Gasteiger partial charge in [-0.2, -0.15) is 0 Å². The van der Waals surface area contributed by atoms with Gasteiger partial charge in [-0.15, -0.1) is 0 Å². The van der Waals surface area contributed by atoms with Crippen molar-refractivity contribution in [1.82, 2.24) is 8.96 Å². The molecule has 2 aromatic heterocycles. The van der Waals surface area contributed by atoms with Gasteiger partial charge in [-0.3, -0.25) is 3.97 Å². The lowest BCUT2D eigenvalue weighted by Crippen LogP contribution is -1.82. The first-order chi connectivity index (χ1) is 6.81. The molecule has 14 heavy (non-hydrogen) atoms. The second-order valence-electron chi connectivity index (χ2n) is 2.28. The van der Waals surface area contributed by atoms with Gasteiger partial charge in [0.25, 0.3) is 0 Å². The van der Waals surface area contributed by atoms with Crippen LogP contribution in [-0.4, -0.2) is 8.96 Å². The summed E-state index contributed by atoms with van der Waals surface area (Å²) in [6, 6.07) is 4.12. The van der Waals surface area contributed by atoms with E-state index in [0.29, 0.717) is 0 Å². The maximum absolute atomic E-state index is 4.30. The zero-order valence-corrected chi connectivity index (χ0v) is 12.4. The molecular formula is C9H10BrIN2S. The van der Waals surface area contributed by atoms with Gasteiger partial charge in [0.05, 0.1) is 0 Å². The molecule has 2 heterocycles. The van der Waals surface area contributed by atoms with Gasteiger partial charge in [-0.25, -0.2) is 4.98 Å². The molecule has 0 N–H and O–H groups in total. The molecule has 0 unspecified atom stereocenters. The quantitative estimate of drug-likeness (QED) is 0.665. The topological polar surface area (TPSA) is 17.8 Å². The molecule has 0 saturated carbocycles. The molecule has 0 aliphatic carbocycles. The highest BCUT2D eigenvalue weighted by Gasteiger charge is 2.01. The van der Waals surface area contributed by atoms with Gasteiger partial charge in [0.15, 0.2) is 5.65 Å². The van der Waals surface area contributed by atoms with Gasteiger partial charge in [0.1, 0.15) is 0 Å². The van der Waals surface area contributed by atoms with E-state index in [9.17, 15) is 0 Å². The molecule has 0 atom stereocenters. The Hall–Kier alpha value is 0.250. The summed E-state index contributed by atoms with van der Waals surface area (Å²) in [5.41, 5.74) is 1.01. The second-order valence-corrected chi connectivity index (χ2v) is 4.91. The second kappa shape index (κ2) is 5.97. The summed E-state index contributed by atoms with van der Waals surface area (Å²) in [4.78, 5) is 4.30. The van der Waals surface area contributed by atoms with Gasteiger partial charge in [-0.1, -0.05) is 13.8 Å². The summed E-state index contributed by atoms with van der Waals surface area (Å²) in [7, 11) is 1.62. The molecule has 2 nitrogen and oxygen atoms in total. The fraction of sp³-hybridized carbons (Fsp3) is 0.222. The molecule has 0 aliphatic heterocycles. The minimum atomic E-state index is 1.01. The average molecular weight is 385 g/mol. The van der Waals surface area contributed by atoms with Crippen molar-refractivity contribution in [1.29, 1.82) is 0 Å². The van der Waals surface area contributed by atoms with E-state index in [-0.39, 0.29) is 0 Å². The summed E-state index contributed by atoms with van der Waals surface area (Å²) >= 11 is 5.62. The molecule has 0 bridgehead atoms. The van der Waals surface area contributed by atoms with Gasteiger partial charge in [-0.05, 0) is 28.1 Å². The first-order valence-electron chi connectivity index (χ1n) is 4.23. The predicted molar refractivity (Wildman–Crippen MR) is 75.8 cm³/mol. The Morgan fingerprint density at radius 2 is 2.21 bits per heavy atom. The van der Waals surface area contributed by atoms with Gasteiger partial charge in [0, 0.05) is 52.6 Å². The number of halogens is 2. The van der Waals surface area contributed by atoms with Crippen LogP contribution in [0.15, 0.2) is 29.0 Å². The van der Waals surface area contributed by atoms with E-state index in [1.54, 1.807) is 9.12 Å². The number of fused-ring (bicyclic) bond motifs is 1. The van der Waals surface area contributed by atoms with Crippen molar-refractivity contribution in [2.24, 2.45) is 0 Å². The van der Waals surface area contributed by atoms with Crippen LogP contribution in [0.25, 0.3) is 11.0 Å². The monoisotopic (exact) mass is 384 g/mol. The number of hydrogen-bond donors (Lipinski definition) is 0. The highest BCUT2D eigenvalue weighted by Crippen LogP contribution is 2.24. The summed E-state index contributed by atoms with van der Waals surface area (Å²) in [6.07, 6.45) is 3.83. The van der Waals surface area contributed by atoms with E-state index in [1.165, 1.54) is 0 Å². The third kappa shape index (κ3) is 2.64. The summed E-state index contributed by atoms with van der Waals surface area (Å²) in [6.45, 7) is 4.00. The molecule has 0 fully saturated rings. The van der Waals surface area contributed by atoms with Crippen molar-refractivity contribution in [3.05, 3.63) is 29.0 Å². The maximum atomic E-state index is 4.30. The summed E-state index contributed by atoms with van der Waals surface area (Å²) < 4.78 is 3.05. The van der Waals surface area contributed by atoms with Crippen LogP contribution in [0, 0.1) is 0 Å². The van der Waals surface area contributed by atoms with Crippen LogP contribution in [0.4, 0.5) is 0 Å². The molecule has 2 rings (SSSR count). The van der Waals surface area contributed by atoms with Crippen LogP contribution in [0.5, 0.6) is 0 Å². The van der Waals surface area contributed by atoms with E-state index < -0.39 is 0 Å². The molecule has 5 heteroatoms. The van der Waals surface area contributed by atoms with E-state index in [1.807, 2.05) is 30.2 Å². The Bertz CT molecular complexity index is 416. The minimum absolute atomic E-state index is 1.01. The van der Waals surface area contributed by atoms with E-state index in [0.717, 1.165) is 15.5 Å². The largest absolute Gasteiger partial charge is 0.266 e. The van der Waals surface area contributed by atoms with Crippen molar-refractivity contribution < 1.29 is 0 Å². The normalized spacial score (nSPS) is 9.71. The molecule has 0 aromatic carbocycles. The SMILES string of the molecule is Brc1cnc2c(ccn2SI)c1.CC. The smallest absolute Gasteiger partial charge is 0.150 e. The first kappa shape index (κ1) is 12.3. The third-order valence-electron chi connectivity index (χ3n) is 1.53. The average Bonchev–Trinajstić information content (AvgIpc) is 2.62. The molecule has 0 amide bonds. The first-order valence-corrected chi connectivity index (χ1v) is 8.34. The minimum Gasteiger partial charge on any atom is -0.266 e. The zero-order valence-electron chi connectivity index (χ0n) is 7.87. The zero-order chi connectivity index (χ0) is 10.6. The molecule has 76 valence electrons. The third-order valence-corrected chi connectivity index (χ3v) is 3.68. The molecule has 0 radical (unpaired) electrons. The van der Waals surface area contributed by atoms with E-state index in [2.05, 4.69) is 54.3 Å². The molecule has 0 spiro atoms. The van der Waals surface area contributed by atoms with Crippen molar-refractivity contribution >= 4 is 57.3 Å². The molecular weight excluding hydrogens is 375 g/mol. The van der Waals surface area contributed by atoms with Crippen LogP contribution in [0.2, 0.25) is 0 Å². The summed E-state index contributed by atoms with van der Waals surface area (Å²) in [5.74, 6) is 0. The fourth-order valence-corrected chi connectivity index (χ4v) is 2.66. The highest BCUT2D eigenvalue weighted by molar-refractivity contribution is 14.2. The lowest BCUT2D eigenvalue weighted by atomic mass is 10.3. The number of rotatable bonds is 1. The van der Waals surface area contributed by atoms with Crippen LogP contribution in [-0.2, 0) is 0 Å². The predicted octanol–water partition coefficient (Wildman–Crippen LogP) is 4.67. The van der Waals surface area contributed by atoms with Gasteiger partial charge < -0.3 is 0 Å². The van der Waals surface area contributed by atoms with Crippen molar-refractivity contribution in [2.45, 2.75) is 13.8 Å². The Kier molecular flexibility index (Phi) is 5.25. The highest BCUT2D eigenvalue weighted by atomic mass is 127. The van der Waals surface area contributed by atoms with Crippen LogP contribution < -0.4 is 0 Å². The maximum Gasteiger partial charge on any atom is 0.150 e. The molecule has 0 aliphatic rings. The molecule has 0 saturated heterocycles. The van der Waals surface area contributed by atoms with E-state index >= 15 is 0 Å². The van der Waals surface area contributed by atoms with Crippen molar-refractivity contribution in [3.8, 4) is 0 Å². The Morgan fingerprint density at radius 3 is 2.86 bits per heavy atom. The standard InChI is InChI=1S/C7H4BrIN2S.C2H6/c8-6-3-5-1-2-11(12-9)7(5)10-4-6;1-2/h1-4H;1-2H3. The lowest BCUT2D eigenvalue weighted by Gasteiger charge is -1.95. The fourth-order valence-electron chi connectivity index (χ4n) is 1.03. The van der Waals surface area contributed by atoms with Gasteiger partial charge in [0.2, 0.25) is 0 Å². The van der Waals surface area contributed by atoms with Crippen molar-refractivity contribution in [2.75, 3.05) is 0 Å². The number of nitrogens with zero attached hydrogens (tertiary/aromatic N) is 2. The van der Waals surface area contributed by atoms with Crippen LogP contribution in [0.3, 0.4) is 0 Å². The van der Waals surface area contributed by atoms with Crippen LogP contribution in [0.1, 0.15) is 13.8 Å². The van der Waals surface area contributed by atoms with E-state index in [4.69, 9.17) is 0 Å². The van der Waals surface area contributed by atoms with Crippen LogP contribution >= 0.6 is 46.3 Å². The van der Waals surface area contributed by atoms with Gasteiger partial charge >= 0.3 is 0 Å². The Morgan fingerprint density at radius 1 is 1.50 bits per heavy atom.